The van der Waals surface area contributed by atoms with Crippen LogP contribution < -0.4 is 0 Å². The van der Waals surface area contributed by atoms with Gasteiger partial charge in [-0.2, -0.15) is 0 Å². The van der Waals surface area contributed by atoms with Crippen LogP contribution in [0.1, 0.15) is 79.6 Å². The molecule has 0 aromatic heterocycles. The number of carbonyl (C=O) groups excluding carboxylic acids is 3. The number of hydrogen-bond donors (Lipinski definition) is 0. The van der Waals surface area contributed by atoms with E-state index in [0.717, 1.165) is 38.5 Å². The molecule has 0 spiro atoms. The van der Waals surface area contributed by atoms with Gasteiger partial charge in [-0.05, 0) is 87.4 Å². The molecule has 0 saturated heterocycles. The number of Topliss-reactive ketones (excluding diaryl/α,β-unsaturated/α-hetero) is 2. The molecule has 4 nitrogen and oxygen atoms in total. The summed E-state index contributed by atoms with van der Waals surface area (Å²) in [5.41, 5.74) is -0.371. The van der Waals surface area contributed by atoms with E-state index in [0.29, 0.717) is 35.9 Å². The first-order valence-electron chi connectivity index (χ1n) is 11.9. The third kappa shape index (κ3) is 3.39. The summed E-state index contributed by atoms with van der Waals surface area (Å²) in [5, 5.41) is 0. The van der Waals surface area contributed by atoms with Gasteiger partial charge < -0.3 is 4.74 Å². The van der Waals surface area contributed by atoms with Crippen molar-refractivity contribution in [3.05, 3.63) is 12.2 Å². The molecule has 166 valence electrons. The van der Waals surface area contributed by atoms with Crippen molar-refractivity contribution in [2.75, 3.05) is 6.61 Å². The van der Waals surface area contributed by atoms with E-state index in [2.05, 4.69) is 26.0 Å². The van der Waals surface area contributed by atoms with E-state index in [1.54, 1.807) is 0 Å². The monoisotopic (exact) mass is 414 g/mol. The zero-order valence-electron chi connectivity index (χ0n) is 19.3. The molecule has 0 radical (unpaired) electrons. The number of carbonyl (C=O) groups is 3. The maximum atomic E-state index is 13.1. The maximum absolute atomic E-state index is 13.1. The van der Waals surface area contributed by atoms with Crippen molar-refractivity contribution >= 4 is 17.5 Å². The standard InChI is InChI=1S/C26H38O4/c1-24(2,3)23(29)30-15-22(28)21-9-8-19-18-7-6-16-14-17(27)10-12-25(16,4)20(18)11-13-26(19,21)5/h6-7,16,18-21H,8-15H2,1-5H3/t16-,18+,19-,20+,21+,25-,26-/m0/s1. The van der Waals surface area contributed by atoms with Gasteiger partial charge in [0.1, 0.15) is 12.4 Å². The van der Waals surface area contributed by atoms with Crippen LogP contribution in [0.5, 0.6) is 0 Å². The topological polar surface area (TPSA) is 60.4 Å². The molecule has 7 atom stereocenters. The second-order valence-electron chi connectivity index (χ2n) is 12.0. The maximum Gasteiger partial charge on any atom is 0.311 e. The molecule has 4 aliphatic carbocycles. The zero-order chi connectivity index (χ0) is 21.9. The normalized spacial score (nSPS) is 42.8. The largest absolute Gasteiger partial charge is 0.457 e. The lowest BCUT2D eigenvalue weighted by atomic mass is 9.46. The van der Waals surface area contributed by atoms with Crippen LogP contribution >= 0.6 is 0 Å². The number of rotatable bonds is 3. The van der Waals surface area contributed by atoms with Gasteiger partial charge in [0.25, 0.3) is 0 Å². The molecular weight excluding hydrogens is 376 g/mol. The van der Waals surface area contributed by atoms with Crippen molar-refractivity contribution in [3.8, 4) is 0 Å². The predicted octanol–water partition coefficient (Wildman–Crippen LogP) is 5.15. The number of fused-ring (bicyclic) bond motifs is 5. The van der Waals surface area contributed by atoms with Crippen molar-refractivity contribution in [2.45, 2.75) is 79.6 Å². The summed E-state index contributed by atoms with van der Waals surface area (Å²) in [6, 6.07) is 0. The molecule has 3 fully saturated rings. The summed E-state index contributed by atoms with van der Waals surface area (Å²) in [5.74, 6) is 2.22. The Hall–Kier alpha value is -1.45. The van der Waals surface area contributed by atoms with E-state index in [4.69, 9.17) is 4.74 Å². The third-order valence-corrected chi connectivity index (χ3v) is 9.33. The van der Waals surface area contributed by atoms with Crippen LogP contribution in [-0.2, 0) is 19.1 Å². The molecule has 0 aromatic carbocycles. The minimum atomic E-state index is -0.583. The molecule has 0 heterocycles. The van der Waals surface area contributed by atoms with Gasteiger partial charge in [0, 0.05) is 18.8 Å². The summed E-state index contributed by atoms with van der Waals surface area (Å²) in [6.45, 7) is 10.1. The van der Waals surface area contributed by atoms with Crippen molar-refractivity contribution in [3.63, 3.8) is 0 Å². The van der Waals surface area contributed by atoms with Gasteiger partial charge in [0.15, 0.2) is 5.78 Å². The van der Waals surface area contributed by atoms with E-state index in [1.165, 1.54) is 0 Å². The fourth-order valence-corrected chi connectivity index (χ4v) is 7.40. The fraction of sp³-hybridized carbons (Fsp3) is 0.808. The zero-order valence-corrected chi connectivity index (χ0v) is 19.3. The summed E-state index contributed by atoms with van der Waals surface area (Å²) in [7, 11) is 0. The predicted molar refractivity (Wildman–Crippen MR) is 116 cm³/mol. The van der Waals surface area contributed by atoms with Crippen molar-refractivity contribution in [1.82, 2.24) is 0 Å². The Balaban J connectivity index is 1.50. The van der Waals surface area contributed by atoms with Gasteiger partial charge in [0.2, 0.25) is 0 Å². The molecule has 4 heteroatoms. The van der Waals surface area contributed by atoms with Gasteiger partial charge in [-0.1, -0.05) is 26.0 Å². The van der Waals surface area contributed by atoms with Crippen LogP contribution in [0.3, 0.4) is 0 Å². The van der Waals surface area contributed by atoms with Gasteiger partial charge in [-0.3, -0.25) is 14.4 Å². The van der Waals surface area contributed by atoms with Gasteiger partial charge >= 0.3 is 5.97 Å². The highest BCUT2D eigenvalue weighted by Gasteiger charge is 2.60. The number of hydrogen-bond acceptors (Lipinski definition) is 4. The van der Waals surface area contributed by atoms with Crippen LogP contribution in [0.25, 0.3) is 0 Å². The van der Waals surface area contributed by atoms with Crippen molar-refractivity contribution in [1.29, 1.82) is 0 Å². The second-order valence-corrected chi connectivity index (χ2v) is 12.0. The minimum absolute atomic E-state index is 0.00951. The molecule has 0 aromatic rings. The second kappa shape index (κ2) is 7.31. The van der Waals surface area contributed by atoms with E-state index < -0.39 is 5.41 Å². The molecule has 0 aliphatic heterocycles. The average molecular weight is 415 g/mol. The first kappa shape index (κ1) is 21.8. The van der Waals surface area contributed by atoms with Gasteiger partial charge in [-0.15, -0.1) is 0 Å². The molecule has 4 aliphatic rings. The first-order valence-corrected chi connectivity index (χ1v) is 11.9. The molecular formula is C26H38O4. The highest BCUT2D eigenvalue weighted by Crippen LogP contribution is 2.65. The van der Waals surface area contributed by atoms with E-state index in [1.807, 2.05) is 20.8 Å². The summed E-state index contributed by atoms with van der Waals surface area (Å²) in [6.07, 6.45) is 11.4. The summed E-state index contributed by atoms with van der Waals surface area (Å²) >= 11 is 0. The number of ketones is 2. The van der Waals surface area contributed by atoms with Crippen molar-refractivity contribution in [2.24, 2.45) is 45.8 Å². The Morgan fingerprint density at radius 1 is 1.03 bits per heavy atom. The smallest absolute Gasteiger partial charge is 0.311 e. The lowest BCUT2D eigenvalue weighted by Crippen LogP contribution is -2.52. The van der Waals surface area contributed by atoms with E-state index in [-0.39, 0.29) is 35.1 Å². The highest BCUT2D eigenvalue weighted by molar-refractivity contribution is 5.86. The SMILES string of the molecule is CC(C)(C)C(=O)OCC(=O)[C@H]1CC[C@H]2[C@H]3C=C[C@H]4CC(=O)CC[C@]4(C)[C@@H]3CC[C@]12C. The highest BCUT2D eigenvalue weighted by atomic mass is 16.5. The van der Waals surface area contributed by atoms with E-state index in [9.17, 15) is 14.4 Å². The quantitative estimate of drug-likeness (QED) is 0.473. The molecule has 0 amide bonds. The molecule has 0 bridgehead atoms. The average Bonchev–Trinajstić information content (AvgIpc) is 3.03. The lowest BCUT2D eigenvalue weighted by molar-refractivity contribution is -0.158. The third-order valence-electron chi connectivity index (χ3n) is 9.33. The number of allylic oxidation sites excluding steroid dienone is 2. The van der Waals surface area contributed by atoms with E-state index >= 15 is 0 Å². The Bertz CT molecular complexity index is 774. The number of esters is 1. The van der Waals surface area contributed by atoms with Crippen LogP contribution in [-0.4, -0.2) is 24.1 Å². The van der Waals surface area contributed by atoms with Gasteiger partial charge in [0.05, 0.1) is 5.41 Å². The Morgan fingerprint density at radius 2 is 1.73 bits per heavy atom. The first-order chi connectivity index (χ1) is 14.0. The molecule has 0 unspecified atom stereocenters. The summed E-state index contributed by atoms with van der Waals surface area (Å²) < 4.78 is 5.37. The Morgan fingerprint density at radius 3 is 2.43 bits per heavy atom. The molecule has 4 rings (SSSR count). The summed E-state index contributed by atoms with van der Waals surface area (Å²) in [4.78, 5) is 37.2. The van der Waals surface area contributed by atoms with Crippen LogP contribution in [0.2, 0.25) is 0 Å². The molecule has 0 N–H and O–H groups in total. The fourth-order valence-electron chi connectivity index (χ4n) is 7.40. The molecule has 30 heavy (non-hydrogen) atoms. The van der Waals surface area contributed by atoms with Crippen LogP contribution in [0.4, 0.5) is 0 Å². The van der Waals surface area contributed by atoms with Crippen LogP contribution in [0, 0.1) is 45.8 Å². The van der Waals surface area contributed by atoms with Crippen molar-refractivity contribution < 1.29 is 19.1 Å². The van der Waals surface area contributed by atoms with Gasteiger partial charge in [-0.25, -0.2) is 0 Å². The lowest BCUT2D eigenvalue weighted by Gasteiger charge is -2.57. The molecule has 3 saturated carbocycles. The minimum Gasteiger partial charge on any atom is -0.457 e. The number of ether oxygens (including phenoxy) is 1. The van der Waals surface area contributed by atoms with Crippen LogP contribution in [0.15, 0.2) is 12.2 Å². The Labute approximate surface area is 181 Å². The Kier molecular flexibility index (Phi) is 5.30.